The molecule has 1 fully saturated rings. The molecule has 1 heterocycles. The van der Waals surface area contributed by atoms with Crippen molar-refractivity contribution < 1.29 is 27.9 Å². The third-order valence-electron chi connectivity index (χ3n) is 4.77. The predicted molar refractivity (Wildman–Crippen MR) is 119 cm³/mol. The van der Waals surface area contributed by atoms with E-state index in [0.717, 1.165) is 11.8 Å². The van der Waals surface area contributed by atoms with Gasteiger partial charge in [-0.15, -0.1) is 0 Å². The summed E-state index contributed by atoms with van der Waals surface area (Å²) in [5, 5.41) is 10.5. The highest BCUT2D eigenvalue weighted by molar-refractivity contribution is 8.15. The number of rotatable bonds is 9. The Balaban J connectivity index is 1.90. The van der Waals surface area contributed by atoms with E-state index in [4.69, 9.17) is 0 Å². The molecule has 1 unspecified atom stereocenters. The van der Waals surface area contributed by atoms with Gasteiger partial charge in [0.05, 0.1) is 23.5 Å². The van der Waals surface area contributed by atoms with Crippen LogP contribution in [0.25, 0.3) is 0 Å². The molecule has 2 N–H and O–H groups in total. The number of anilines is 1. The number of amides is 2. The standard InChI is InChI=1S/C21H22N2O6S2/c1-2-3-11-31(28,29)23(17-6-4-5-16(12-17)20(25)26)13-14-7-9-15(10-8-14)18-19(24)22-21(27)30-18/h4-10,12,18H,2-3,11,13H2,1H3,(H,25,26)(H,22,24,27). The van der Waals surface area contributed by atoms with Crippen molar-refractivity contribution in [3.8, 4) is 0 Å². The van der Waals surface area contributed by atoms with Gasteiger partial charge in [0.2, 0.25) is 15.9 Å². The first-order valence-electron chi connectivity index (χ1n) is 9.65. The highest BCUT2D eigenvalue weighted by atomic mass is 32.2. The number of aromatic carboxylic acids is 1. The van der Waals surface area contributed by atoms with Crippen LogP contribution in [0.3, 0.4) is 0 Å². The van der Waals surface area contributed by atoms with Crippen molar-refractivity contribution >= 4 is 44.6 Å². The minimum Gasteiger partial charge on any atom is -0.478 e. The van der Waals surface area contributed by atoms with Gasteiger partial charge in [-0.3, -0.25) is 19.2 Å². The highest BCUT2D eigenvalue weighted by Crippen LogP contribution is 2.34. The van der Waals surface area contributed by atoms with Gasteiger partial charge in [0.25, 0.3) is 5.24 Å². The van der Waals surface area contributed by atoms with E-state index in [9.17, 15) is 27.9 Å². The van der Waals surface area contributed by atoms with Crippen LogP contribution in [0.5, 0.6) is 0 Å². The molecule has 0 saturated carbocycles. The number of imide groups is 1. The van der Waals surface area contributed by atoms with E-state index in [1.807, 2.05) is 6.92 Å². The van der Waals surface area contributed by atoms with Crippen molar-refractivity contribution in [1.82, 2.24) is 5.32 Å². The van der Waals surface area contributed by atoms with Crippen molar-refractivity contribution in [3.63, 3.8) is 0 Å². The molecule has 0 aromatic heterocycles. The van der Waals surface area contributed by atoms with E-state index in [1.165, 1.54) is 22.5 Å². The minimum absolute atomic E-state index is 0.00234. The summed E-state index contributed by atoms with van der Waals surface area (Å²) in [5.41, 5.74) is 1.58. The van der Waals surface area contributed by atoms with Crippen molar-refractivity contribution in [2.24, 2.45) is 0 Å². The molecule has 2 amide bonds. The minimum atomic E-state index is -3.69. The van der Waals surface area contributed by atoms with Crippen molar-refractivity contribution in [3.05, 3.63) is 65.2 Å². The first-order valence-corrected chi connectivity index (χ1v) is 12.1. The maximum absolute atomic E-state index is 13.0. The monoisotopic (exact) mass is 462 g/mol. The lowest BCUT2D eigenvalue weighted by Gasteiger charge is -2.25. The molecule has 8 nitrogen and oxygen atoms in total. The Morgan fingerprint density at radius 3 is 2.45 bits per heavy atom. The second kappa shape index (κ2) is 9.52. The quantitative estimate of drug-likeness (QED) is 0.584. The fourth-order valence-corrected chi connectivity index (χ4v) is 5.61. The number of hydrogen-bond acceptors (Lipinski definition) is 6. The van der Waals surface area contributed by atoms with Gasteiger partial charge in [0.1, 0.15) is 5.25 Å². The number of benzene rings is 2. The largest absolute Gasteiger partial charge is 0.478 e. The van der Waals surface area contributed by atoms with Crippen molar-refractivity contribution in [2.45, 2.75) is 31.6 Å². The van der Waals surface area contributed by atoms with Gasteiger partial charge < -0.3 is 5.11 Å². The number of carboxylic acid groups (broad SMARTS) is 1. The van der Waals surface area contributed by atoms with Gasteiger partial charge in [0.15, 0.2) is 0 Å². The van der Waals surface area contributed by atoms with Crippen LogP contribution in [0.2, 0.25) is 0 Å². The van der Waals surface area contributed by atoms with E-state index in [0.29, 0.717) is 24.0 Å². The lowest BCUT2D eigenvalue weighted by Crippen LogP contribution is -2.32. The molecule has 1 aliphatic rings. The van der Waals surface area contributed by atoms with E-state index in [2.05, 4.69) is 5.32 Å². The van der Waals surface area contributed by atoms with E-state index >= 15 is 0 Å². The fraction of sp³-hybridized carbons (Fsp3) is 0.286. The fourth-order valence-electron chi connectivity index (χ4n) is 3.12. The van der Waals surface area contributed by atoms with Gasteiger partial charge in [-0.2, -0.15) is 0 Å². The Labute approximate surface area is 184 Å². The maximum Gasteiger partial charge on any atom is 0.335 e. The molecule has 2 aromatic carbocycles. The summed E-state index contributed by atoms with van der Waals surface area (Å²) >= 11 is 0.900. The number of nitrogens with one attached hydrogen (secondary N) is 1. The molecule has 0 bridgehead atoms. The number of carbonyl (C=O) groups is 3. The van der Waals surface area contributed by atoms with Crippen LogP contribution < -0.4 is 9.62 Å². The molecule has 1 atom stereocenters. The number of nitrogens with zero attached hydrogens (tertiary/aromatic N) is 1. The third kappa shape index (κ3) is 5.45. The van der Waals surface area contributed by atoms with Gasteiger partial charge in [0, 0.05) is 0 Å². The molecule has 0 aliphatic carbocycles. The molecule has 1 aliphatic heterocycles. The third-order valence-corrected chi connectivity index (χ3v) is 7.62. The molecule has 0 spiro atoms. The number of thioether (sulfide) groups is 1. The number of carbonyl (C=O) groups excluding carboxylic acids is 2. The van der Waals surface area contributed by atoms with Crippen LogP contribution in [0.4, 0.5) is 10.5 Å². The maximum atomic E-state index is 13.0. The molecular formula is C21H22N2O6S2. The molecule has 3 rings (SSSR count). The zero-order valence-corrected chi connectivity index (χ0v) is 18.4. The topological polar surface area (TPSA) is 121 Å². The number of sulfonamides is 1. The smallest absolute Gasteiger partial charge is 0.335 e. The molecule has 1 saturated heterocycles. The summed E-state index contributed by atoms with van der Waals surface area (Å²) in [6.45, 7) is 1.91. The molecule has 10 heteroatoms. The summed E-state index contributed by atoms with van der Waals surface area (Å²) in [6.07, 6.45) is 1.19. The van der Waals surface area contributed by atoms with Crippen LogP contribution in [0.15, 0.2) is 48.5 Å². The van der Waals surface area contributed by atoms with Crippen molar-refractivity contribution in [2.75, 3.05) is 10.1 Å². The van der Waals surface area contributed by atoms with E-state index in [1.54, 1.807) is 30.3 Å². The Bertz CT molecular complexity index is 1100. The lowest BCUT2D eigenvalue weighted by molar-refractivity contribution is -0.119. The number of carboxylic acids is 1. The van der Waals surface area contributed by atoms with Gasteiger partial charge in [-0.1, -0.05) is 43.7 Å². The summed E-state index contributed by atoms with van der Waals surface area (Å²) in [6, 6.07) is 12.6. The second-order valence-corrected chi connectivity index (χ2v) is 10.1. The van der Waals surface area contributed by atoms with Gasteiger partial charge in [-0.05, 0) is 47.5 Å². The van der Waals surface area contributed by atoms with Gasteiger partial charge >= 0.3 is 5.97 Å². The summed E-state index contributed by atoms with van der Waals surface area (Å²) in [5.74, 6) is -1.57. The zero-order chi connectivity index (χ0) is 22.6. The Kier molecular flexibility index (Phi) is 7.01. The SMILES string of the molecule is CCCCS(=O)(=O)N(Cc1ccc(C2SC(=O)NC2=O)cc1)c1cccc(C(=O)O)c1. The van der Waals surface area contributed by atoms with Crippen LogP contribution in [-0.2, 0) is 21.4 Å². The summed E-state index contributed by atoms with van der Waals surface area (Å²) < 4.78 is 27.2. The Morgan fingerprint density at radius 1 is 1.16 bits per heavy atom. The summed E-state index contributed by atoms with van der Waals surface area (Å²) in [4.78, 5) is 34.6. The van der Waals surface area contributed by atoms with Crippen LogP contribution in [0.1, 0.15) is 46.5 Å². The van der Waals surface area contributed by atoms with Gasteiger partial charge in [-0.25, -0.2) is 13.2 Å². The molecule has 164 valence electrons. The normalized spacial score (nSPS) is 16.2. The number of unbranched alkanes of at least 4 members (excludes halogenated alkanes) is 1. The van der Waals surface area contributed by atoms with Crippen LogP contribution in [-0.4, -0.2) is 36.4 Å². The first kappa shape index (κ1) is 22.8. The van der Waals surface area contributed by atoms with Crippen LogP contribution in [0, 0.1) is 0 Å². The second-order valence-electron chi connectivity index (χ2n) is 7.05. The zero-order valence-electron chi connectivity index (χ0n) is 16.8. The lowest BCUT2D eigenvalue weighted by atomic mass is 10.1. The molecule has 0 radical (unpaired) electrons. The summed E-state index contributed by atoms with van der Waals surface area (Å²) in [7, 11) is -3.69. The molecule has 31 heavy (non-hydrogen) atoms. The van der Waals surface area contributed by atoms with Crippen molar-refractivity contribution in [1.29, 1.82) is 0 Å². The average Bonchev–Trinajstić information content (AvgIpc) is 3.08. The van der Waals surface area contributed by atoms with E-state index < -0.39 is 26.5 Å². The molecule has 2 aromatic rings. The first-order chi connectivity index (χ1) is 14.7. The highest BCUT2D eigenvalue weighted by Gasteiger charge is 2.33. The number of hydrogen-bond donors (Lipinski definition) is 2. The Hall–Kier alpha value is -2.85. The Morgan fingerprint density at radius 2 is 1.87 bits per heavy atom. The molecular weight excluding hydrogens is 440 g/mol. The van der Waals surface area contributed by atoms with Crippen LogP contribution >= 0.6 is 11.8 Å². The average molecular weight is 463 g/mol. The van der Waals surface area contributed by atoms with E-state index in [-0.39, 0.29) is 29.5 Å². The predicted octanol–water partition coefficient (Wildman–Crippen LogP) is 3.55.